The molecule has 1 atom stereocenters. The number of nitro groups is 1. The van der Waals surface area contributed by atoms with Crippen LogP contribution in [-0.4, -0.2) is 41.7 Å². The SMILES string of the molecule is Cc1cc([N+](=O)[O-])c(S(=O)(=O)NCC(C)(O)C(=O)O)cc1C. The summed E-state index contributed by atoms with van der Waals surface area (Å²) in [5, 5.41) is 29.3. The number of nitrogens with zero attached hydrogens (tertiary/aromatic N) is 1. The maximum Gasteiger partial charge on any atom is 0.336 e. The summed E-state index contributed by atoms with van der Waals surface area (Å²) in [5.74, 6) is -1.62. The largest absolute Gasteiger partial charge is 0.479 e. The van der Waals surface area contributed by atoms with Gasteiger partial charge in [-0.2, -0.15) is 0 Å². The van der Waals surface area contributed by atoms with Gasteiger partial charge in [-0.05, 0) is 38.0 Å². The second-order valence-electron chi connectivity index (χ2n) is 5.06. The van der Waals surface area contributed by atoms with Gasteiger partial charge in [0.2, 0.25) is 10.0 Å². The number of rotatable bonds is 6. The van der Waals surface area contributed by atoms with Gasteiger partial charge in [-0.25, -0.2) is 17.9 Å². The predicted octanol–water partition coefficient (Wildman–Crippen LogP) is 0.326. The van der Waals surface area contributed by atoms with E-state index in [9.17, 15) is 28.4 Å². The van der Waals surface area contributed by atoms with Gasteiger partial charge in [-0.3, -0.25) is 10.1 Å². The average Bonchev–Trinajstić information content (AvgIpc) is 2.38. The predicted molar refractivity (Wildman–Crippen MR) is 76.0 cm³/mol. The van der Waals surface area contributed by atoms with Crippen LogP contribution in [0, 0.1) is 24.0 Å². The average molecular weight is 332 g/mol. The van der Waals surface area contributed by atoms with Crippen LogP contribution in [0.15, 0.2) is 17.0 Å². The highest BCUT2D eigenvalue weighted by Crippen LogP contribution is 2.27. The molecule has 0 amide bonds. The number of benzene rings is 1. The number of hydrogen-bond acceptors (Lipinski definition) is 6. The van der Waals surface area contributed by atoms with Crippen LogP contribution in [0.25, 0.3) is 0 Å². The third-order valence-electron chi connectivity index (χ3n) is 3.13. The van der Waals surface area contributed by atoms with Crippen LogP contribution in [0.1, 0.15) is 18.1 Å². The molecule has 1 aromatic carbocycles. The van der Waals surface area contributed by atoms with Crippen molar-refractivity contribution in [3.8, 4) is 0 Å². The number of carboxylic acids is 1. The van der Waals surface area contributed by atoms with Gasteiger partial charge in [0.1, 0.15) is 0 Å². The molecule has 0 heterocycles. The monoisotopic (exact) mass is 332 g/mol. The molecule has 1 aromatic rings. The molecule has 1 rings (SSSR count). The summed E-state index contributed by atoms with van der Waals surface area (Å²) < 4.78 is 26.2. The van der Waals surface area contributed by atoms with Crippen molar-refractivity contribution in [1.29, 1.82) is 0 Å². The Balaban J connectivity index is 3.26. The first kappa shape index (κ1) is 18.0. The molecule has 0 saturated carbocycles. The molecule has 0 fully saturated rings. The molecule has 0 bridgehead atoms. The van der Waals surface area contributed by atoms with E-state index in [0.29, 0.717) is 11.1 Å². The van der Waals surface area contributed by atoms with Gasteiger partial charge < -0.3 is 10.2 Å². The van der Waals surface area contributed by atoms with Crippen molar-refractivity contribution in [2.24, 2.45) is 0 Å². The van der Waals surface area contributed by atoms with Gasteiger partial charge in [0.05, 0.1) is 11.5 Å². The van der Waals surface area contributed by atoms with E-state index in [1.54, 1.807) is 13.8 Å². The molecule has 0 aromatic heterocycles. The molecule has 0 aliphatic rings. The maximum atomic E-state index is 12.2. The summed E-state index contributed by atoms with van der Waals surface area (Å²) in [6, 6.07) is 2.25. The van der Waals surface area contributed by atoms with Crippen LogP contribution in [0.5, 0.6) is 0 Å². The molecule has 0 saturated heterocycles. The second-order valence-corrected chi connectivity index (χ2v) is 6.80. The van der Waals surface area contributed by atoms with Gasteiger partial charge >= 0.3 is 5.97 Å². The molecular weight excluding hydrogens is 316 g/mol. The number of nitro benzene ring substituents is 1. The van der Waals surface area contributed by atoms with Crippen LogP contribution in [0.4, 0.5) is 5.69 Å². The fourth-order valence-corrected chi connectivity index (χ4v) is 2.89. The fraction of sp³-hybridized carbons (Fsp3) is 0.417. The lowest BCUT2D eigenvalue weighted by atomic mass is 10.1. The highest BCUT2D eigenvalue weighted by molar-refractivity contribution is 7.89. The van der Waals surface area contributed by atoms with Crippen LogP contribution in [0.2, 0.25) is 0 Å². The fourth-order valence-electron chi connectivity index (χ4n) is 1.52. The Morgan fingerprint density at radius 1 is 1.36 bits per heavy atom. The molecule has 0 spiro atoms. The van der Waals surface area contributed by atoms with Gasteiger partial charge in [-0.1, -0.05) is 0 Å². The molecule has 0 aliphatic carbocycles. The summed E-state index contributed by atoms with van der Waals surface area (Å²) in [6.07, 6.45) is 0. The molecule has 3 N–H and O–H groups in total. The Bertz CT molecular complexity index is 725. The van der Waals surface area contributed by atoms with Crippen molar-refractivity contribution in [3.63, 3.8) is 0 Å². The number of aliphatic carboxylic acids is 1. The van der Waals surface area contributed by atoms with Crippen LogP contribution in [-0.2, 0) is 14.8 Å². The van der Waals surface area contributed by atoms with Crippen molar-refractivity contribution in [2.75, 3.05) is 6.54 Å². The summed E-state index contributed by atoms with van der Waals surface area (Å²) >= 11 is 0. The number of sulfonamides is 1. The van der Waals surface area contributed by atoms with Crippen molar-refractivity contribution in [2.45, 2.75) is 31.3 Å². The van der Waals surface area contributed by atoms with Crippen molar-refractivity contribution < 1.29 is 28.3 Å². The number of carboxylic acid groups (broad SMARTS) is 1. The van der Waals surface area contributed by atoms with E-state index in [1.165, 1.54) is 0 Å². The standard InChI is InChI=1S/C12H16N2O7S/c1-7-4-9(14(18)19)10(5-8(7)2)22(20,21)13-6-12(3,17)11(15)16/h4-5,13,17H,6H2,1-3H3,(H,15,16). The quantitative estimate of drug-likeness (QED) is 0.502. The topological polar surface area (TPSA) is 147 Å². The summed E-state index contributed by atoms with van der Waals surface area (Å²) in [7, 11) is -4.36. The van der Waals surface area contributed by atoms with E-state index in [0.717, 1.165) is 19.1 Å². The van der Waals surface area contributed by atoms with E-state index in [4.69, 9.17) is 5.11 Å². The Labute approximate surface area is 126 Å². The lowest BCUT2D eigenvalue weighted by molar-refractivity contribution is -0.387. The lowest BCUT2D eigenvalue weighted by Gasteiger charge is -2.18. The molecule has 10 heteroatoms. The normalized spacial score (nSPS) is 14.4. The first-order valence-corrected chi connectivity index (χ1v) is 7.58. The highest BCUT2D eigenvalue weighted by Gasteiger charge is 2.34. The number of nitrogens with one attached hydrogen (secondary N) is 1. The zero-order valence-corrected chi connectivity index (χ0v) is 13.0. The Morgan fingerprint density at radius 2 is 1.86 bits per heavy atom. The summed E-state index contributed by atoms with van der Waals surface area (Å²) in [5.41, 5.74) is -1.88. The molecule has 1 unspecified atom stereocenters. The van der Waals surface area contributed by atoms with Gasteiger partial charge in [-0.15, -0.1) is 0 Å². The number of carbonyl (C=O) groups is 1. The molecular formula is C12H16N2O7S. The van der Waals surface area contributed by atoms with Crippen molar-refractivity contribution >= 4 is 21.7 Å². The van der Waals surface area contributed by atoms with E-state index in [2.05, 4.69) is 0 Å². The molecule has 122 valence electrons. The third-order valence-corrected chi connectivity index (χ3v) is 4.56. The van der Waals surface area contributed by atoms with E-state index in [-0.39, 0.29) is 0 Å². The summed E-state index contributed by atoms with van der Waals surface area (Å²) in [6.45, 7) is 3.27. The minimum atomic E-state index is -4.36. The maximum absolute atomic E-state index is 12.2. The zero-order chi connectivity index (χ0) is 17.3. The number of aryl methyl sites for hydroxylation is 2. The van der Waals surface area contributed by atoms with E-state index >= 15 is 0 Å². The van der Waals surface area contributed by atoms with E-state index < -0.39 is 43.6 Å². The minimum absolute atomic E-state index is 0.524. The Morgan fingerprint density at radius 3 is 2.32 bits per heavy atom. The van der Waals surface area contributed by atoms with Crippen LogP contribution < -0.4 is 4.72 Å². The summed E-state index contributed by atoms with van der Waals surface area (Å²) in [4.78, 5) is 20.3. The first-order valence-electron chi connectivity index (χ1n) is 6.09. The Hall–Kier alpha value is -2.04. The number of hydrogen-bond donors (Lipinski definition) is 3. The van der Waals surface area contributed by atoms with Crippen LogP contribution >= 0.6 is 0 Å². The third kappa shape index (κ3) is 3.78. The Kier molecular flexibility index (Phi) is 4.90. The van der Waals surface area contributed by atoms with Crippen molar-refractivity contribution in [1.82, 2.24) is 4.72 Å². The van der Waals surface area contributed by atoms with Gasteiger partial charge in [0, 0.05) is 6.07 Å². The second kappa shape index (κ2) is 5.99. The lowest BCUT2D eigenvalue weighted by Crippen LogP contribution is -2.46. The van der Waals surface area contributed by atoms with Gasteiger partial charge in [0.15, 0.2) is 10.5 Å². The highest BCUT2D eigenvalue weighted by atomic mass is 32.2. The molecule has 22 heavy (non-hydrogen) atoms. The number of aliphatic hydroxyl groups is 1. The van der Waals surface area contributed by atoms with Crippen LogP contribution in [0.3, 0.4) is 0 Å². The van der Waals surface area contributed by atoms with Crippen molar-refractivity contribution in [3.05, 3.63) is 33.4 Å². The smallest absolute Gasteiger partial charge is 0.336 e. The zero-order valence-electron chi connectivity index (χ0n) is 12.2. The molecule has 0 aliphatic heterocycles. The minimum Gasteiger partial charge on any atom is -0.479 e. The first-order chi connectivity index (χ1) is 9.88. The molecule has 0 radical (unpaired) electrons. The van der Waals surface area contributed by atoms with E-state index in [1.807, 2.05) is 4.72 Å². The molecule has 9 nitrogen and oxygen atoms in total. The van der Waals surface area contributed by atoms with Gasteiger partial charge in [0.25, 0.3) is 5.69 Å².